The Kier molecular flexibility index (Phi) is 2.92. The first-order chi connectivity index (χ1) is 8.04. The van der Waals surface area contributed by atoms with Gasteiger partial charge in [0.25, 0.3) is 5.91 Å². The van der Waals surface area contributed by atoms with Gasteiger partial charge in [-0.1, -0.05) is 13.8 Å². The third kappa shape index (κ3) is 1.93. The molecule has 0 saturated carbocycles. The van der Waals surface area contributed by atoms with E-state index in [9.17, 15) is 4.79 Å². The molecule has 1 aromatic heterocycles. The maximum absolute atomic E-state index is 11.6. The van der Waals surface area contributed by atoms with Crippen LogP contribution in [0, 0.1) is 0 Å². The molecule has 1 aromatic carbocycles. The third-order valence-corrected chi connectivity index (χ3v) is 3.13. The first-order valence-electron chi connectivity index (χ1n) is 5.85. The SMILES string of the molecule is CNC(=O)c1ccc2c(c1)c(C(C)C)cn2C. The molecule has 3 heteroatoms. The molecule has 0 aliphatic carbocycles. The highest BCUT2D eigenvalue weighted by Crippen LogP contribution is 2.27. The lowest BCUT2D eigenvalue weighted by Crippen LogP contribution is -2.17. The number of nitrogens with one attached hydrogen (secondary N) is 1. The molecule has 1 amide bonds. The molecule has 0 atom stereocenters. The average molecular weight is 230 g/mol. The second-order valence-electron chi connectivity index (χ2n) is 4.66. The first-order valence-corrected chi connectivity index (χ1v) is 5.85. The summed E-state index contributed by atoms with van der Waals surface area (Å²) in [6.45, 7) is 4.34. The van der Waals surface area contributed by atoms with Crippen molar-refractivity contribution < 1.29 is 4.79 Å². The molecule has 0 bridgehead atoms. The molecule has 0 saturated heterocycles. The van der Waals surface area contributed by atoms with Crippen LogP contribution < -0.4 is 5.32 Å². The van der Waals surface area contributed by atoms with Gasteiger partial charge >= 0.3 is 0 Å². The molecule has 0 aliphatic rings. The van der Waals surface area contributed by atoms with Crippen molar-refractivity contribution in [2.45, 2.75) is 19.8 Å². The van der Waals surface area contributed by atoms with Gasteiger partial charge in [-0.05, 0) is 29.7 Å². The molecule has 0 radical (unpaired) electrons. The van der Waals surface area contributed by atoms with Crippen molar-refractivity contribution in [1.29, 1.82) is 0 Å². The number of nitrogens with zero attached hydrogens (tertiary/aromatic N) is 1. The quantitative estimate of drug-likeness (QED) is 0.845. The van der Waals surface area contributed by atoms with E-state index in [1.54, 1.807) is 7.05 Å². The molecular formula is C14H18N2O. The zero-order valence-corrected chi connectivity index (χ0v) is 10.7. The van der Waals surface area contributed by atoms with Crippen LogP contribution in [0.15, 0.2) is 24.4 Å². The summed E-state index contributed by atoms with van der Waals surface area (Å²) >= 11 is 0. The van der Waals surface area contributed by atoms with Crippen LogP contribution in [0.25, 0.3) is 10.9 Å². The molecule has 0 aliphatic heterocycles. The Morgan fingerprint density at radius 2 is 2.06 bits per heavy atom. The normalized spacial score (nSPS) is 11.1. The van der Waals surface area contributed by atoms with E-state index in [4.69, 9.17) is 0 Å². The number of rotatable bonds is 2. The van der Waals surface area contributed by atoms with E-state index < -0.39 is 0 Å². The Morgan fingerprint density at radius 3 is 2.65 bits per heavy atom. The van der Waals surface area contributed by atoms with E-state index in [1.165, 1.54) is 16.5 Å². The lowest BCUT2D eigenvalue weighted by atomic mass is 10.0. The van der Waals surface area contributed by atoms with Crippen molar-refractivity contribution in [3.63, 3.8) is 0 Å². The van der Waals surface area contributed by atoms with E-state index in [-0.39, 0.29) is 5.91 Å². The van der Waals surface area contributed by atoms with Crippen LogP contribution in [-0.4, -0.2) is 17.5 Å². The predicted molar refractivity (Wildman–Crippen MR) is 70.4 cm³/mol. The fourth-order valence-corrected chi connectivity index (χ4v) is 2.17. The van der Waals surface area contributed by atoms with E-state index >= 15 is 0 Å². The van der Waals surface area contributed by atoms with Crippen molar-refractivity contribution in [2.75, 3.05) is 7.05 Å². The highest BCUT2D eigenvalue weighted by molar-refractivity contribution is 5.98. The number of hydrogen-bond donors (Lipinski definition) is 1. The van der Waals surface area contributed by atoms with Gasteiger partial charge in [0, 0.05) is 36.8 Å². The van der Waals surface area contributed by atoms with E-state index in [0.717, 1.165) is 0 Å². The van der Waals surface area contributed by atoms with Crippen molar-refractivity contribution in [2.24, 2.45) is 7.05 Å². The van der Waals surface area contributed by atoms with E-state index in [0.29, 0.717) is 11.5 Å². The lowest BCUT2D eigenvalue weighted by Gasteiger charge is -2.04. The summed E-state index contributed by atoms with van der Waals surface area (Å²) in [5, 5.41) is 3.83. The lowest BCUT2D eigenvalue weighted by molar-refractivity contribution is 0.0963. The highest BCUT2D eigenvalue weighted by Gasteiger charge is 2.12. The third-order valence-electron chi connectivity index (χ3n) is 3.13. The molecule has 0 fully saturated rings. The summed E-state index contributed by atoms with van der Waals surface area (Å²) in [5.74, 6) is 0.420. The molecule has 2 rings (SSSR count). The van der Waals surface area contributed by atoms with Crippen molar-refractivity contribution in [3.8, 4) is 0 Å². The van der Waals surface area contributed by atoms with Crippen LogP contribution in [0.2, 0.25) is 0 Å². The molecule has 3 nitrogen and oxygen atoms in total. The minimum atomic E-state index is -0.0366. The van der Waals surface area contributed by atoms with Crippen LogP contribution in [0.3, 0.4) is 0 Å². The number of benzene rings is 1. The Labute approximate surface area is 101 Å². The molecule has 0 unspecified atom stereocenters. The van der Waals surface area contributed by atoms with Gasteiger partial charge in [-0.15, -0.1) is 0 Å². The zero-order chi connectivity index (χ0) is 12.6. The maximum Gasteiger partial charge on any atom is 0.251 e. The number of hydrogen-bond acceptors (Lipinski definition) is 1. The Morgan fingerprint density at radius 1 is 1.35 bits per heavy atom. The van der Waals surface area contributed by atoms with Crippen LogP contribution in [0.5, 0.6) is 0 Å². The number of amides is 1. The Bertz CT molecular complexity index is 567. The smallest absolute Gasteiger partial charge is 0.251 e. The van der Waals surface area contributed by atoms with Gasteiger partial charge in [0.2, 0.25) is 0 Å². The summed E-state index contributed by atoms with van der Waals surface area (Å²) in [6, 6.07) is 5.85. The summed E-state index contributed by atoms with van der Waals surface area (Å²) in [6.07, 6.45) is 2.14. The Hall–Kier alpha value is -1.77. The fourth-order valence-electron chi connectivity index (χ4n) is 2.17. The van der Waals surface area contributed by atoms with Crippen LogP contribution >= 0.6 is 0 Å². The molecule has 17 heavy (non-hydrogen) atoms. The number of carbonyl (C=O) groups excluding carboxylic acids is 1. The largest absolute Gasteiger partial charge is 0.355 e. The van der Waals surface area contributed by atoms with Gasteiger partial charge < -0.3 is 9.88 Å². The summed E-state index contributed by atoms with van der Waals surface area (Å²) in [5.41, 5.74) is 3.17. The zero-order valence-electron chi connectivity index (χ0n) is 10.7. The maximum atomic E-state index is 11.6. The molecular weight excluding hydrogens is 212 g/mol. The van der Waals surface area contributed by atoms with Gasteiger partial charge in [-0.3, -0.25) is 4.79 Å². The molecule has 2 aromatic rings. The molecule has 90 valence electrons. The number of carbonyl (C=O) groups is 1. The van der Waals surface area contributed by atoms with Gasteiger partial charge in [-0.25, -0.2) is 0 Å². The summed E-state index contributed by atoms with van der Waals surface area (Å²) < 4.78 is 2.11. The first kappa shape index (κ1) is 11.7. The van der Waals surface area contributed by atoms with Crippen LogP contribution in [0.1, 0.15) is 35.7 Å². The van der Waals surface area contributed by atoms with Crippen molar-refractivity contribution in [1.82, 2.24) is 9.88 Å². The molecule has 1 N–H and O–H groups in total. The second-order valence-corrected chi connectivity index (χ2v) is 4.66. The molecule has 0 spiro atoms. The summed E-state index contributed by atoms with van der Waals surface area (Å²) in [4.78, 5) is 11.6. The number of aryl methyl sites for hydroxylation is 1. The van der Waals surface area contributed by atoms with E-state index in [1.807, 2.05) is 25.2 Å². The van der Waals surface area contributed by atoms with Gasteiger partial charge in [0.05, 0.1) is 0 Å². The predicted octanol–water partition coefficient (Wildman–Crippen LogP) is 2.66. The van der Waals surface area contributed by atoms with Crippen molar-refractivity contribution in [3.05, 3.63) is 35.5 Å². The topological polar surface area (TPSA) is 34.0 Å². The van der Waals surface area contributed by atoms with Gasteiger partial charge in [-0.2, -0.15) is 0 Å². The average Bonchev–Trinajstić information content (AvgIpc) is 2.65. The Balaban J connectivity index is 2.66. The molecule has 1 heterocycles. The van der Waals surface area contributed by atoms with Gasteiger partial charge in [0.15, 0.2) is 0 Å². The second kappa shape index (κ2) is 4.24. The van der Waals surface area contributed by atoms with E-state index in [2.05, 4.69) is 29.9 Å². The number of fused-ring (bicyclic) bond motifs is 1. The van der Waals surface area contributed by atoms with Crippen LogP contribution in [-0.2, 0) is 7.05 Å². The minimum Gasteiger partial charge on any atom is -0.355 e. The van der Waals surface area contributed by atoms with Gasteiger partial charge in [0.1, 0.15) is 0 Å². The monoisotopic (exact) mass is 230 g/mol. The van der Waals surface area contributed by atoms with Crippen molar-refractivity contribution >= 4 is 16.8 Å². The standard InChI is InChI=1S/C14H18N2O/c1-9(2)12-8-16(4)13-6-5-10(7-11(12)13)14(17)15-3/h5-9H,1-4H3,(H,15,17). The summed E-state index contributed by atoms with van der Waals surface area (Å²) in [7, 11) is 3.69. The van der Waals surface area contributed by atoms with Crippen LogP contribution in [0.4, 0.5) is 0 Å². The fraction of sp³-hybridized carbons (Fsp3) is 0.357. The highest BCUT2D eigenvalue weighted by atomic mass is 16.1. The number of aromatic nitrogens is 1. The minimum absolute atomic E-state index is 0.0366.